The minimum atomic E-state index is -2.54. The molecule has 1 amide bonds. The fraction of sp³-hybridized carbons (Fsp3) is 0.364. The molecule has 1 rings (SSSR count). The number of rotatable bonds is 1. The molecule has 3 heteroatoms. The summed E-state index contributed by atoms with van der Waals surface area (Å²) in [7, 11) is 0. The van der Waals surface area contributed by atoms with E-state index in [0.29, 0.717) is 5.75 Å². The van der Waals surface area contributed by atoms with Gasteiger partial charge in [-0.15, -0.1) is 0 Å². The molecule has 0 aromatic heterocycles. The highest BCUT2D eigenvalue weighted by Gasteiger charge is 2.04. The van der Waals surface area contributed by atoms with E-state index in [9.17, 15) is 4.79 Å². The van der Waals surface area contributed by atoms with E-state index < -0.39 is 13.1 Å². The van der Waals surface area contributed by atoms with Crippen LogP contribution in [0.1, 0.15) is 20.8 Å². The van der Waals surface area contributed by atoms with Gasteiger partial charge in [-0.25, -0.2) is 4.79 Å². The van der Waals surface area contributed by atoms with Crippen molar-refractivity contribution in [1.29, 1.82) is 0 Å². The molecule has 0 saturated heterocycles. The molecule has 1 aromatic rings. The van der Waals surface area contributed by atoms with Gasteiger partial charge in [0.25, 0.3) is 0 Å². The van der Waals surface area contributed by atoms with E-state index in [0.717, 1.165) is 16.7 Å². The molecule has 14 heavy (non-hydrogen) atoms. The summed E-state index contributed by atoms with van der Waals surface area (Å²) in [5.74, 6) is 0.340. The average Bonchev–Trinajstić information content (AvgIpc) is 2.10. The zero-order valence-corrected chi connectivity index (χ0v) is 8.47. The van der Waals surface area contributed by atoms with Gasteiger partial charge in [-0.2, -0.15) is 0 Å². The number of hydrogen-bond acceptors (Lipinski definition) is 2. The largest absolute Gasteiger partial charge is 0.412 e. The maximum Gasteiger partial charge on any atom is 0.412 e. The Morgan fingerprint density at radius 2 is 1.93 bits per heavy atom. The third-order valence-corrected chi connectivity index (χ3v) is 2.21. The summed E-state index contributed by atoms with van der Waals surface area (Å²) in [6.45, 7) is 3.23. The first-order valence-corrected chi connectivity index (χ1v) is 4.27. The predicted octanol–water partition coefficient (Wildman–Crippen LogP) is 2.33. The summed E-state index contributed by atoms with van der Waals surface area (Å²) in [5.41, 5.74) is 3.09. The molecule has 0 aliphatic rings. The van der Waals surface area contributed by atoms with Gasteiger partial charge in [-0.05, 0) is 49.6 Å². The Hall–Kier alpha value is -1.51. The first-order chi connectivity index (χ1) is 7.69. The van der Waals surface area contributed by atoms with Crippen molar-refractivity contribution < 1.29 is 13.6 Å². The normalized spacial score (nSPS) is 13.8. The molecule has 0 unspecified atom stereocenters. The van der Waals surface area contributed by atoms with E-state index in [2.05, 4.69) is 0 Å². The molecule has 1 aromatic carbocycles. The van der Waals surface area contributed by atoms with Crippen molar-refractivity contribution >= 4 is 6.09 Å². The fourth-order valence-electron chi connectivity index (χ4n) is 1.19. The number of amides is 1. The van der Waals surface area contributed by atoms with Gasteiger partial charge < -0.3 is 10.1 Å². The van der Waals surface area contributed by atoms with E-state index >= 15 is 0 Å². The van der Waals surface area contributed by atoms with Crippen LogP contribution in [-0.2, 0) is 0 Å². The van der Waals surface area contributed by atoms with Crippen LogP contribution in [0.4, 0.5) is 4.79 Å². The SMILES string of the molecule is [2H]C([2H])([2H])NC(=O)Oc1cc(C)c(C)c(C)c1. The van der Waals surface area contributed by atoms with Crippen LogP contribution in [0.3, 0.4) is 0 Å². The van der Waals surface area contributed by atoms with E-state index in [1.165, 1.54) is 0 Å². The van der Waals surface area contributed by atoms with E-state index in [4.69, 9.17) is 8.85 Å². The maximum atomic E-state index is 11.2. The van der Waals surface area contributed by atoms with Crippen molar-refractivity contribution in [1.82, 2.24) is 5.32 Å². The molecule has 0 aliphatic carbocycles. The molecule has 0 fully saturated rings. The highest BCUT2D eigenvalue weighted by atomic mass is 16.5. The Labute approximate surface area is 88.3 Å². The number of ether oxygens (including phenoxy) is 1. The van der Waals surface area contributed by atoms with Crippen LogP contribution in [0.25, 0.3) is 0 Å². The van der Waals surface area contributed by atoms with Gasteiger partial charge in [-0.1, -0.05) is 0 Å². The molecule has 0 atom stereocenters. The molecule has 1 N–H and O–H groups in total. The summed E-state index contributed by atoms with van der Waals surface area (Å²) < 4.78 is 25.5. The molecule has 0 spiro atoms. The van der Waals surface area contributed by atoms with Crippen molar-refractivity contribution in [3.8, 4) is 5.75 Å². The van der Waals surface area contributed by atoms with Gasteiger partial charge in [0.1, 0.15) is 5.75 Å². The van der Waals surface area contributed by atoms with Crippen LogP contribution in [0.2, 0.25) is 0 Å². The summed E-state index contributed by atoms with van der Waals surface area (Å²) in [5, 5.41) is 1.76. The van der Waals surface area contributed by atoms with Crippen molar-refractivity contribution in [3.63, 3.8) is 0 Å². The van der Waals surface area contributed by atoms with Gasteiger partial charge in [0.05, 0.1) is 0 Å². The number of carbonyl (C=O) groups excluding carboxylic acids is 1. The van der Waals surface area contributed by atoms with Gasteiger partial charge in [0, 0.05) is 11.1 Å². The fourth-order valence-corrected chi connectivity index (χ4v) is 1.19. The summed E-state index contributed by atoms with van der Waals surface area (Å²) in [6.07, 6.45) is -0.979. The number of carbonyl (C=O) groups is 1. The van der Waals surface area contributed by atoms with Crippen LogP contribution in [0.15, 0.2) is 12.1 Å². The molecular weight excluding hydrogens is 178 g/mol. The first kappa shape index (κ1) is 6.87. The Balaban J connectivity index is 2.79. The van der Waals surface area contributed by atoms with Crippen LogP contribution in [-0.4, -0.2) is 13.1 Å². The minimum Gasteiger partial charge on any atom is -0.410 e. The molecular formula is C11H15NO2. The third kappa shape index (κ3) is 2.25. The topological polar surface area (TPSA) is 38.3 Å². The lowest BCUT2D eigenvalue weighted by atomic mass is 10.0. The zero-order valence-electron chi connectivity index (χ0n) is 11.5. The Morgan fingerprint density at radius 3 is 2.43 bits per heavy atom. The lowest BCUT2D eigenvalue weighted by Gasteiger charge is -2.08. The molecule has 0 bridgehead atoms. The van der Waals surface area contributed by atoms with Crippen molar-refractivity contribution in [3.05, 3.63) is 28.8 Å². The van der Waals surface area contributed by atoms with Gasteiger partial charge in [-0.3, -0.25) is 0 Å². The summed E-state index contributed by atoms with van der Waals surface area (Å²) in [6, 6.07) is 3.39. The lowest BCUT2D eigenvalue weighted by molar-refractivity contribution is 0.203. The standard InChI is InChI=1S/C11H15NO2/c1-7-5-10(14-11(13)12-4)6-8(2)9(7)3/h5-6H,1-4H3,(H,12,13)/i4D3. The zero-order chi connectivity index (χ0) is 13.2. The Kier molecular flexibility index (Phi) is 2.03. The van der Waals surface area contributed by atoms with E-state index in [1.807, 2.05) is 20.8 Å². The second-order valence-electron chi connectivity index (χ2n) is 3.20. The Morgan fingerprint density at radius 1 is 1.36 bits per heavy atom. The highest BCUT2D eigenvalue weighted by molar-refractivity contribution is 5.70. The first-order valence-electron chi connectivity index (χ1n) is 5.77. The minimum absolute atomic E-state index is 0.340. The molecule has 0 aliphatic heterocycles. The third-order valence-electron chi connectivity index (χ3n) is 2.21. The van der Waals surface area contributed by atoms with Crippen molar-refractivity contribution in [2.24, 2.45) is 0 Å². The van der Waals surface area contributed by atoms with Gasteiger partial charge in [0.15, 0.2) is 0 Å². The number of benzene rings is 1. The molecule has 76 valence electrons. The van der Waals surface area contributed by atoms with Crippen molar-refractivity contribution in [2.45, 2.75) is 20.8 Å². The van der Waals surface area contributed by atoms with Crippen LogP contribution in [0, 0.1) is 20.8 Å². The highest BCUT2D eigenvalue weighted by Crippen LogP contribution is 2.20. The van der Waals surface area contributed by atoms with Gasteiger partial charge >= 0.3 is 6.09 Å². The smallest absolute Gasteiger partial charge is 0.410 e. The number of nitrogens with one attached hydrogen (secondary N) is 1. The molecule has 0 heterocycles. The van der Waals surface area contributed by atoms with Crippen LogP contribution >= 0.6 is 0 Å². The Bertz CT molecular complexity index is 418. The molecule has 0 radical (unpaired) electrons. The van der Waals surface area contributed by atoms with Crippen LogP contribution in [0.5, 0.6) is 5.75 Å². The summed E-state index contributed by atoms with van der Waals surface area (Å²) >= 11 is 0. The monoisotopic (exact) mass is 196 g/mol. The van der Waals surface area contributed by atoms with Crippen LogP contribution < -0.4 is 10.1 Å². The lowest BCUT2D eigenvalue weighted by Crippen LogP contribution is -2.22. The molecule has 3 nitrogen and oxygen atoms in total. The van der Waals surface area contributed by atoms with E-state index in [1.54, 1.807) is 17.4 Å². The van der Waals surface area contributed by atoms with Gasteiger partial charge in [0.2, 0.25) is 0 Å². The second kappa shape index (κ2) is 4.13. The second-order valence-corrected chi connectivity index (χ2v) is 3.20. The summed E-state index contributed by atoms with van der Waals surface area (Å²) in [4.78, 5) is 11.2. The predicted molar refractivity (Wildman–Crippen MR) is 55.7 cm³/mol. The quantitative estimate of drug-likeness (QED) is 0.748. The van der Waals surface area contributed by atoms with E-state index in [-0.39, 0.29) is 0 Å². The number of hydrogen-bond donors (Lipinski definition) is 1. The average molecular weight is 196 g/mol. The molecule has 0 saturated carbocycles. The number of aryl methyl sites for hydroxylation is 2. The van der Waals surface area contributed by atoms with Crippen molar-refractivity contribution in [2.75, 3.05) is 6.98 Å². The maximum absolute atomic E-state index is 11.2.